The molecule has 1 aromatic heterocycles. The molecule has 4 nitrogen and oxygen atoms in total. The highest BCUT2D eigenvalue weighted by Gasteiger charge is 2.31. The Balaban J connectivity index is 1.40. The van der Waals surface area contributed by atoms with Gasteiger partial charge in [0.1, 0.15) is 0 Å². The maximum Gasteiger partial charge on any atom is 0.416 e. The Hall–Kier alpha value is -3.78. The fourth-order valence-corrected chi connectivity index (χ4v) is 4.40. The highest BCUT2D eigenvalue weighted by Crippen LogP contribution is 2.35. The standard InChI is InChI=1S/C25H16F3N3OS/c26-25(27,28)18-10-4-8-16(12-18)20-13-17-9-5-11-19(22(17)29-20)23(32)31-24-30-21(14-33-24)15-6-2-1-3-7-15/h1-12,14H,13H2,(H,30,31,32). The van der Waals surface area contributed by atoms with E-state index in [1.807, 2.05) is 41.8 Å². The summed E-state index contributed by atoms with van der Waals surface area (Å²) in [6.07, 6.45) is -4.08. The average Bonchev–Trinajstić information content (AvgIpc) is 3.46. The lowest BCUT2D eigenvalue weighted by molar-refractivity contribution is -0.137. The number of nitrogens with zero attached hydrogens (tertiary/aromatic N) is 2. The van der Waals surface area contributed by atoms with E-state index >= 15 is 0 Å². The third-order valence-electron chi connectivity index (χ3n) is 5.29. The Labute approximate surface area is 191 Å². The number of amides is 1. The summed E-state index contributed by atoms with van der Waals surface area (Å²) in [4.78, 5) is 22.0. The number of rotatable bonds is 4. The van der Waals surface area contributed by atoms with Gasteiger partial charge in [0.05, 0.1) is 28.2 Å². The molecule has 0 atom stereocenters. The van der Waals surface area contributed by atoms with Crippen molar-refractivity contribution >= 4 is 33.8 Å². The van der Waals surface area contributed by atoms with E-state index in [0.717, 1.165) is 29.0 Å². The molecule has 164 valence electrons. The summed E-state index contributed by atoms with van der Waals surface area (Å²) in [5.41, 5.74) is 3.49. The van der Waals surface area contributed by atoms with Gasteiger partial charge >= 0.3 is 6.18 Å². The lowest BCUT2D eigenvalue weighted by Gasteiger charge is -2.08. The monoisotopic (exact) mass is 463 g/mol. The molecule has 5 rings (SSSR count). The molecule has 0 saturated carbocycles. The number of hydrogen-bond acceptors (Lipinski definition) is 4. The summed E-state index contributed by atoms with van der Waals surface area (Å²) in [6.45, 7) is 0. The average molecular weight is 463 g/mol. The van der Waals surface area contributed by atoms with Gasteiger partial charge in [0, 0.05) is 17.4 Å². The first-order valence-electron chi connectivity index (χ1n) is 10.1. The van der Waals surface area contributed by atoms with E-state index in [1.165, 1.54) is 17.4 Å². The van der Waals surface area contributed by atoms with E-state index < -0.39 is 11.7 Å². The van der Waals surface area contributed by atoms with Gasteiger partial charge in [-0.1, -0.05) is 54.6 Å². The summed E-state index contributed by atoms with van der Waals surface area (Å²) >= 11 is 1.32. The highest BCUT2D eigenvalue weighted by molar-refractivity contribution is 7.14. The normalized spacial score (nSPS) is 12.9. The predicted octanol–water partition coefficient (Wildman–Crippen LogP) is 6.76. The number of anilines is 1. The number of benzene rings is 3. The molecule has 0 aliphatic carbocycles. The number of carbonyl (C=O) groups excluding carboxylic acids is 1. The van der Waals surface area contributed by atoms with Crippen molar-refractivity contribution in [3.05, 3.63) is 100 Å². The summed E-state index contributed by atoms with van der Waals surface area (Å²) in [5.74, 6) is -0.366. The molecular weight excluding hydrogens is 447 g/mol. The molecule has 0 saturated heterocycles. The maximum atomic E-state index is 13.1. The molecule has 0 fully saturated rings. The second-order valence-corrected chi connectivity index (χ2v) is 8.34. The van der Waals surface area contributed by atoms with Gasteiger partial charge in [0.2, 0.25) is 0 Å². The lowest BCUT2D eigenvalue weighted by Crippen LogP contribution is -2.12. The number of nitrogens with one attached hydrogen (secondary N) is 1. The summed E-state index contributed by atoms with van der Waals surface area (Å²) in [6, 6.07) is 19.9. The first-order chi connectivity index (χ1) is 15.9. The van der Waals surface area contributed by atoms with Crippen LogP contribution in [0.4, 0.5) is 24.0 Å². The van der Waals surface area contributed by atoms with Gasteiger partial charge in [-0.25, -0.2) is 4.98 Å². The van der Waals surface area contributed by atoms with Crippen LogP contribution in [0.25, 0.3) is 11.3 Å². The number of halogens is 3. The minimum Gasteiger partial charge on any atom is -0.298 e. The minimum atomic E-state index is -4.43. The Morgan fingerprint density at radius 3 is 2.48 bits per heavy atom. The van der Waals surface area contributed by atoms with Gasteiger partial charge in [0.15, 0.2) is 5.13 Å². The van der Waals surface area contributed by atoms with E-state index in [2.05, 4.69) is 15.3 Å². The van der Waals surface area contributed by atoms with Crippen LogP contribution < -0.4 is 5.32 Å². The van der Waals surface area contributed by atoms with Gasteiger partial charge in [-0.15, -0.1) is 11.3 Å². The zero-order valence-corrected chi connectivity index (χ0v) is 17.9. The number of carbonyl (C=O) groups is 1. The zero-order chi connectivity index (χ0) is 23.0. The van der Waals surface area contributed by atoms with E-state index in [-0.39, 0.29) is 5.91 Å². The van der Waals surface area contributed by atoms with Crippen LogP contribution in [0.15, 0.2) is 83.2 Å². The van der Waals surface area contributed by atoms with Gasteiger partial charge in [-0.2, -0.15) is 13.2 Å². The number of aromatic nitrogens is 1. The number of alkyl halides is 3. The molecular formula is C25H16F3N3OS. The SMILES string of the molecule is O=C(Nc1nc(-c2ccccc2)cs1)c1cccc2c1N=C(c1cccc(C(F)(F)F)c1)C2. The maximum absolute atomic E-state index is 13.1. The number of thiazole rings is 1. The summed E-state index contributed by atoms with van der Waals surface area (Å²) in [5, 5.41) is 5.13. The van der Waals surface area contributed by atoms with Crippen LogP contribution in [-0.4, -0.2) is 16.6 Å². The molecule has 0 radical (unpaired) electrons. The zero-order valence-electron chi connectivity index (χ0n) is 17.1. The highest BCUT2D eigenvalue weighted by atomic mass is 32.1. The molecule has 0 spiro atoms. The third kappa shape index (κ3) is 4.29. The van der Waals surface area contributed by atoms with Crippen LogP contribution in [0.1, 0.15) is 27.0 Å². The minimum absolute atomic E-state index is 0.353. The number of hydrogen-bond donors (Lipinski definition) is 1. The van der Waals surface area contributed by atoms with Crippen molar-refractivity contribution in [3.63, 3.8) is 0 Å². The van der Waals surface area contributed by atoms with Crippen LogP contribution in [0.2, 0.25) is 0 Å². The Bertz CT molecular complexity index is 1380. The Morgan fingerprint density at radius 2 is 1.70 bits per heavy atom. The summed E-state index contributed by atoms with van der Waals surface area (Å²) < 4.78 is 39.3. The number of aliphatic imine (C=N–C) groups is 1. The second-order valence-electron chi connectivity index (χ2n) is 7.49. The topological polar surface area (TPSA) is 54.4 Å². The van der Waals surface area contributed by atoms with Crippen molar-refractivity contribution < 1.29 is 18.0 Å². The Kier molecular flexibility index (Phi) is 5.30. The smallest absolute Gasteiger partial charge is 0.298 e. The van der Waals surface area contributed by atoms with Crippen LogP contribution >= 0.6 is 11.3 Å². The number of para-hydroxylation sites is 1. The van der Waals surface area contributed by atoms with Crippen molar-refractivity contribution in [1.82, 2.24) is 4.98 Å². The molecule has 4 aromatic rings. The Morgan fingerprint density at radius 1 is 0.939 bits per heavy atom. The predicted molar refractivity (Wildman–Crippen MR) is 123 cm³/mol. The van der Waals surface area contributed by atoms with Crippen molar-refractivity contribution in [2.75, 3.05) is 5.32 Å². The van der Waals surface area contributed by atoms with Crippen LogP contribution in [0.5, 0.6) is 0 Å². The van der Waals surface area contributed by atoms with E-state index in [9.17, 15) is 18.0 Å². The van der Waals surface area contributed by atoms with Gasteiger partial charge < -0.3 is 0 Å². The number of fused-ring (bicyclic) bond motifs is 1. The van der Waals surface area contributed by atoms with Gasteiger partial charge in [0.25, 0.3) is 5.91 Å². The second kappa shape index (κ2) is 8.29. The molecule has 8 heteroatoms. The first-order valence-corrected chi connectivity index (χ1v) is 11.0. The molecule has 2 heterocycles. The van der Waals surface area contributed by atoms with Crippen LogP contribution in [0, 0.1) is 0 Å². The van der Waals surface area contributed by atoms with Crippen LogP contribution in [0.3, 0.4) is 0 Å². The largest absolute Gasteiger partial charge is 0.416 e. The third-order valence-corrected chi connectivity index (χ3v) is 6.04. The van der Waals surface area contributed by atoms with Crippen molar-refractivity contribution in [2.24, 2.45) is 4.99 Å². The fraction of sp³-hybridized carbons (Fsp3) is 0.0800. The molecule has 1 aliphatic heterocycles. The van der Waals surface area contributed by atoms with E-state index in [4.69, 9.17) is 0 Å². The first kappa shape index (κ1) is 21.1. The van der Waals surface area contributed by atoms with Crippen LogP contribution in [-0.2, 0) is 12.6 Å². The lowest BCUT2D eigenvalue weighted by atomic mass is 10.0. The van der Waals surface area contributed by atoms with Crippen molar-refractivity contribution in [3.8, 4) is 11.3 Å². The molecule has 1 N–H and O–H groups in total. The molecule has 3 aromatic carbocycles. The fourth-order valence-electron chi connectivity index (χ4n) is 3.68. The summed E-state index contributed by atoms with van der Waals surface area (Å²) in [7, 11) is 0. The molecule has 0 unspecified atom stereocenters. The quantitative estimate of drug-likeness (QED) is 0.364. The molecule has 33 heavy (non-hydrogen) atoms. The van der Waals surface area contributed by atoms with E-state index in [0.29, 0.717) is 34.1 Å². The van der Waals surface area contributed by atoms with Gasteiger partial charge in [-0.05, 0) is 29.3 Å². The van der Waals surface area contributed by atoms with Crippen molar-refractivity contribution in [2.45, 2.75) is 12.6 Å². The molecule has 0 bridgehead atoms. The van der Waals surface area contributed by atoms with Gasteiger partial charge in [-0.3, -0.25) is 15.1 Å². The molecule has 1 amide bonds. The molecule has 1 aliphatic rings. The van der Waals surface area contributed by atoms with Crippen molar-refractivity contribution in [1.29, 1.82) is 0 Å². The van der Waals surface area contributed by atoms with E-state index in [1.54, 1.807) is 18.2 Å².